The van der Waals surface area contributed by atoms with E-state index >= 15 is 0 Å². The summed E-state index contributed by atoms with van der Waals surface area (Å²) in [6.45, 7) is 5.47. The number of anilines is 1. The van der Waals surface area contributed by atoms with Crippen LogP contribution in [0.2, 0.25) is 0 Å². The number of amides is 3. The van der Waals surface area contributed by atoms with Crippen LogP contribution in [0.4, 0.5) is 14.9 Å². The lowest BCUT2D eigenvalue weighted by Crippen LogP contribution is -2.41. The molecule has 3 N–H and O–H groups in total. The second-order valence-electron chi connectivity index (χ2n) is 7.72. The number of piperidine rings is 1. The fourth-order valence-corrected chi connectivity index (χ4v) is 3.93. The zero-order valence-corrected chi connectivity index (χ0v) is 17.1. The molecule has 0 bridgehead atoms. The summed E-state index contributed by atoms with van der Waals surface area (Å²) in [5.74, 6) is 0.778. The van der Waals surface area contributed by atoms with E-state index in [0.29, 0.717) is 37.0 Å². The lowest BCUT2D eigenvalue weighted by Gasteiger charge is -2.29. The minimum Gasteiger partial charge on any atom is -0.341 e. The summed E-state index contributed by atoms with van der Waals surface area (Å²) in [5, 5.41) is 8.99. The van der Waals surface area contributed by atoms with E-state index in [1.807, 2.05) is 4.90 Å². The molecule has 3 rings (SSSR count). The second-order valence-corrected chi connectivity index (χ2v) is 7.72. The second kappa shape index (κ2) is 10.6. The molecule has 2 fully saturated rings. The van der Waals surface area contributed by atoms with Crippen molar-refractivity contribution in [3.63, 3.8) is 0 Å². The number of likely N-dealkylation sites (tertiary alicyclic amines) is 1. The average Bonchev–Trinajstić information content (AvgIpc) is 3.13. The Kier molecular flexibility index (Phi) is 8.51. The van der Waals surface area contributed by atoms with Crippen LogP contribution in [-0.2, 0) is 4.79 Å². The zero-order chi connectivity index (χ0) is 19.2. The van der Waals surface area contributed by atoms with Crippen LogP contribution in [0.5, 0.6) is 0 Å². The van der Waals surface area contributed by atoms with Gasteiger partial charge in [0, 0.05) is 31.2 Å². The first kappa shape index (κ1) is 22.4. The normalized spacial score (nSPS) is 22.9. The molecule has 156 valence electrons. The van der Waals surface area contributed by atoms with Crippen LogP contribution >= 0.6 is 12.4 Å². The molecule has 3 amide bonds. The molecular weight excluding hydrogens is 383 g/mol. The number of carbonyl (C=O) groups is 2. The van der Waals surface area contributed by atoms with Gasteiger partial charge in [0.05, 0.1) is 0 Å². The number of nitrogens with one attached hydrogen (secondary N) is 3. The average molecular weight is 413 g/mol. The summed E-state index contributed by atoms with van der Waals surface area (Å²) in [4.78, 5) is 26.5. The zero-order valence-electron chi connectivity index (χ0n) is 16.2. The number of benzene rings is 1. The lowest BCUT2D eigenvalue weighted by molar-refractivity contribution is -0.131. The molecule has 3 unspecified atom stereocenters. The van der Waals surface area contributed by atoms with Crippen molar-refractivity contribution < 1.29 is 14.0 Å². The van der Waals surface area contributed by atoms with Gasteiger partial charge in [-0.3, -0.25) is 4.79 Å². The lowest BCUT2D eigenvalue weighted by atomic mass is 9.85. The van der Waals surface area contributed by atoms with Gasteiger partial charge in [0.1, 0.15) is 5.82 Å². The van der Waals surface area contributed by atoms with Crippen LogP contribution in [0.15, 0.2) is 24.3 Å². The molecule has 0 spiro atoms. The van der Waals surface area contributed by atoms with E-state index in [-0.39, 0.29) is 36.2 Å². The van der Waals surface area contributed by atoms with Crippen molar-refractivity contribution in [3.8, 4) is 0 Å². The smallest absolute Gasteiger partial charge is 0.319 e. The van der Waals surface area contributed by atoms with Gasteiger partial charge >= 0.3 is 6.03 Å². The standard InChI is InChI=1S/C20H29FN4O2.ClH/c1-14(15-3-2-9-22-12-15)11-19(26)25-10-8-18(13-25)24-20(27)23-17-6-4-16(21)5-7-17;/h4-7,14-15,18,22H,2-3,8-13H2,1H3,(H2,23,24,27);1H. The number of rotatable bonds is 5. The van der Waals surface area contributed by atoms with Crippen LogP contribution in [0, 0.1) is 17.7 Å². The Labute approximate surface area is 172 Å². The third-order valence-electron chi connectivity index (χ3n) is 5.61. The number of halogens is 2. The highest BCUT2D eigenvalue weighted by Gasteiger charge is 2.30. The topological polar surface area (TPSA) is 73.5 Å². The molecule has 0 aliphatic carbocycles. The highest BCUT2D eigenvalue weighted by molar-refractivity contribution is 5.89. The van der Waals surface area contributed by atoms with Gasteiger partial charge in [0.2, 0.25) is 5.91 Å². The van der Waals surface area contributed by atoms with Gasteiger partial charge in [-0.15, -0.1) is 12.4 Å². The maximum absolute atomic E-state index is 12.9. The highest BCUT2D eigenvalue weighted by Crippen LogP contribution is 2.24. The van der Waals surface area contributed by atoms with E-state index in [0.717, 1.165) is 19.5 Å². The fraction of sp³-hybridized carbons (Fsp3) is 0.600. The van der Waals surface area contributed by atoms with Gasteiger partial charge in [0.15, 0.2) is 0 Å². The minimum absolute atomic E-state index is 0. The predicted molar refractivity (Wildman–Crippen MR) is 110 cm³/mol. The van der Waals surface area contributed by atoms with E-state index in [9.17, 15) is 14.0 Å². The third-order valence-corrected chi connectivity index (χ3v) is 5.61. The Balaban J connectivity index is 0.00000280. The summed E-state index contributed by atoms with van der Waals surface area (Å²) < 4.78 is 12.9. The predicted octanol–water partition coefficient (Wildman–Crippen LogP) is 3.00. The maximum atomic E-state index is 12.9. The SMILES string of the molecule is CC(CC(=O)N1CCC(NC(=O)Nc2ccc(F)cc2)C1)C1CCCNC1.Cl. The van der Waals surface area contributed by atoms with E-state index < -0.39 is 0 Å². The first-order chi connectivity index (χ1) is 13.0. The van der Waals surface area contributed by atoms with Gasteiger partial charge in [0.25, 0.3) is 0 Å². The van der Waals surface area contributed by atoms with Gasteiger partial charge in [-0.2, -0.15) is 0 Å². The Morgan fingerprint density at radius 3 is 2.71 bits per heavy atom. The van der Waals surface area contributed by atoms with Crippen LogP contribution in [0.1, 0.15) is 32.6 Å². The van der Waals surface area contributed by atoms with Gasteiger partial charge in [-0.1, -0.05) is 6.92 Å². The molecule has 1 aromatic carbocycles. The van der Waals surface area contributed by atoms with Crippen LogP contribution < -0.4 is 16.0 Å². The van der Waals surface area contributed by atoms with E-state index in [1.54, 1.807) is 0 Å². The Bertz CT molecular complexity index is 652. The van der Waals surface area contributed by atoms with Crippen molar-refractivity contribution in [2.75, 3.05) is 31.5 Å². The molecule has 6 nitrogen and oxygen atoms in total. The number of hydrogen-bond acceptors (Lipinski definition) is 3. The third kappa shape index (κ3) is 6.34. The Hall–Kier alpha value is -1.86. The molecule has 2 saturated heterocycles. The quantitative estimate of drug-likeness (QED) is 0.696. The summed E-state index contributed by atoms with van der Waals surface area (Å²) >= 11 is 0. The Morgan fingerprint density at radius 1 is 1.29 bits per heavy atom. The molecule has 8 heteroatoms. The van der Waals surface area contributed by atoms with Crippen LogP contribution in [0.25, 0.3) is 0 Å². The molecule has 1 aromatic rings. The minimum atomic E-state index is -0.343. The van der Waals surface area contributed by atoms with Crippen molar-refractivity contribution in [2.24, 2.45) is 11.8 Å². The van der Waals surface area contributed by atoms with Crippen LogP contribution in [0.3, 0.4) is 0 Å². The number of carbonyl (C=O) groups excluding carboxylic acids is 2. The summed E-state index contributed by atoms with van der Waals surface area (Å²) in [6.07, 6.45) is 3.69. The van der Waals surface area contributed by atoms with Crippen molar-refractivity contribution >= 4 is 30.0 Å². The molecule has 0 radical (unpaired) electrons. The van der Waals surface area contributed by atoms with E-state index in [2.05, 4.69) is 22.9 Å². The van der Waals surface area contributed by atoms with Crippen molar-refractivity contribution in [3.05, 3.63) is 30.1 Å². The molecule has 2 aliphatic rings. The van der Waals surface area contributed by atoms with Gasteiger partial charge in [-0.25, -0.2) is 9.18 Å². The van der Waals surface area contributed by atoms with E-state index in [4.69, 9.17) is 0 Å². The van der Waals surface area contributed by atoms with Gasteiger partial charge < -0.3 is 20.9 Å². The molecule has 3 atom stereocenters. The number of urea groups is 1. The fourth-order valence-electron chi connectivity index (χ4n) is 3.93. The molecule has 0 saturated carbocycles. The largest absolute Gasteiger partial charge is 0.341 e. The summed E-state index contributed by atoms with van der Waals surface area (Å²) in [7, 11) is 0. The van der Waals surface area contributed by atoms with Crippen molar-refractivity contribution in [1.82, 2.24) is 15.5 Å². The number of nitrogens with zero attached hydrogens (tertiary/aromatic N) is 1. The molecule has 2 heterocycles. The molecular formula is C20H30ClFN4O2. The highest BCUT2D eigenvalue weighted by atomic mass is 35.5. The van der Waals surface area contributed by atoms with Crippen molar-refractivity contribution in [2.45, 2.75) is 38.6 Å². The number of hydrogen-bond donors (Lipinski definition) is 3. The molecule has 28 heavy (non-hydrogen) atoms. The summed E-state index contributed by atoms with van der Waals surface area (Å²) in [6, 6.07) is 5.24. The monoisotopic (exact) mass is 412 g/mol. The van der Waals surface area contributed by atoms with Crippen LogP contribution in [-0.4, -0.2) is 49.1 Å². The summed E-state index contributed by atoms with van der Waals surface area (Å²) in [5.41, 5.74) is 0.537. The molecule has 2 aliphatic heterocycles. The molecule has 0 aromatic heterocycles. The first-order valence-electron chi connectivity index (χ1n) is 9.83. The van der Waals surface area contributed by atoms with Gasteiger partial charge in [-0.05, 0) is 68.5 Å². The maximum Gasteiger partial charge on any atom is 0.319 e. The Morgan fingerprint density at radius 2 is 2.04 bits per heavy atom. The first-order valence-corrected chi connectivity index (χ1v) is 9.83. The van der Waals surface area contributed by atoms with E-state index in [1.165, 1.54) is 37.1 Å². The van der Waals surface area contributed by atoms with Crippen molar-refractivity contribution in [1.29, 1.82) is 0 Å².